The van der Waals surface area contributed by atoms with Gasteiger partial charge in [0.15, 0.2) is 0 Å². The fourth-order valence-corrected chi connectivity index (χ4v) is 3.30. The lowest BCUT2D eigenvalue weighted by atomic mass is 10.1. The molecule has 2 aromatic carbocycles. The lowest BCUT2D eigenvalue weighted by Crippen LogP contribution is -2.29. The van der Waals surface area contributed by atoms with Gasteiger partial charge in [-0.15, -0.1) is 0 Å². The Balaban J connectivity index is 1.61. The van der Waals surface area contributed by atoms with Crippen molar-refractivity contribution in [1.82, 2.24) is 10.4 Å². The van der Waals surface area contributed by atoms with E-state index < -0.39 is 5.91 Å². The number of hydrogen-bond donors (Lipinski definition) is 3. The van der Waals surface area contributed by atoms with Gasteiger partial charge in [-0.25, -0.2) is 5.48 Å². The normalized spacial score (nSPS) is 13.0. The Hall–Kier alpha value is -2.80. The van der Waals surface area contributed by atoms with Crippen LogP contribution in [0.5, 0.6) is 0 Å². The topological polar surface area (TPSA) is 85.2 Å². The molecule has 1 aliphatic rings. The van der Waals surface area contributed by atoms with Crippen molar-refractivity contribution < 1.29 is 15.1 Å². The molecule has 1 heterocycles. The maximum atomic E-state index is 11.0. The van der Waals surface area contributed by atoms with Crippen molar-refractivity contribution in [1.29, 1.82) is 0 Å². The van der Waals surface area contributed by atoms with Gasteiger partial charge in [0, 0.05) is 30.9 Å². The highest BCUT2D eigenvalue weighted by Gasteiger charge is 2.10. The largest absolute Gasteiger partial charge is 0.395 e. The standard InChI is InChI=1S/C22H25N3O3/c26-14-13-25(12-11-19-15-23-21-4-2-1-3-20(19)21)16-18-7-5-17(6-8-18)9-10-22(27)24-28/h1-10,26,28H,11-16H2,(H,24,27). The number of rotatable bonds is 9. The van der Waals surface area contributed by atoms with Gasteiger partial charge in [0.05, 0.1) is 18.5 Å². The molecule has 0 radical (unpaired) electrons. The molecule has 0 bridgehead atoms. The second-order valence-electron chi connectivity index (χ2n) is 6.74. The van der Waals surface area contributed by atoms with E-state index in [0.717, 1.165) is 42.5 Å². The predicted molar refractivity (Wildman–Crippen MR) is 108 cm³/mol. The SMILES string of the molecule is O=C(C=Cc1ccc(CN(CCO)CCC2=c3ccccc3=NC2)cc1)NO. The molecule has 0 atom stereocenters. The summed E-state index contributed by atoms with van der Waals surface area (Å²) in [5.74, 6) is -0.559. The molecule has 0 unspecified atom stereocenters. The Morgan fingerprint density at radius 1 is 1.14 bits per heavy atom. The van der Waals surface area contributed by atoms with Gasteiger partial charge < -0.3 is 5.11 Å². The summed E-state index contributed by atoms with van der Waals surface area (Å²) in [6, 6.07) is 16.1. The number of nitrogens with zero attached hydrogens (tertiary/aromatic N) is 2. The predicted octanol–water partition coefficient (Wildman–Crippen LogP) is 0.874. The molecule has 146 valence electrons. The maximum absolute atomic E-state index is 11.0. The van der Waals surface area contributed by atoms with Crippen LogP contribution in [0.4, 0.5) is 0 Å². The van der Waals surface area contributed by atoms with Crippen molar-refractivity contribution in [2.45, 2.75) is 13.0 Å². The van der Waals surface area contributed by atoms with E-state index in [-0.39, 0.29) is 6.61 Å². The van der Waals surface area contributed by atoms with Crippen LogP contribution in [0.2, 0.25) is 0 Å². The average Bonchev–Trinajstić information content (AvgIpc) is 3.14. The lowest BCUT2D eigenvalue weighted by Gasteiger charge is -2.21. The third-order valence-electron chi connectivity index (χ3n) is 4.79. The van der Waals surface area contributed by atoms with Gasteiger partial charge in [0.2, 0.25) is 0 Å². The zero-order valence-electron chi connectivity index (χ0n) is 15.7. The average molecular weight is 379 g/mol. The number of benzene rings is 2. The van der Waals surface area contributed by atoms with Crippen molar-refractivity contribution in [2.24, 2.45) is 4.99 Å². The fraction of sp³-hybridized carbons (Fsp3) is 0.273. The van der Waals surface area contributed by atoms with E-state index in [1.54, 1.807) is 11.6 Å². The minimum atomic E-state index is -0.559. The summed E-state index contributed by atoms with van der Waals surface area (Å²) in [4.78, 5) is 17.9. The van der Waals surface area contributed by atoms with Crippen LogP contribution in [0, 0.1) is 0 Å². The van der Waals surface area contributed by atoms with E-state index in [0.29, 0.717) is 6.54 Å². The molecule has 0 aromatic heterocycles. The summed E-state index contributed by atoms with van der Waals surface area (Å²) in [6.07, 6.45) is 3.84. The first-order chi connectivity index (χ1) is 13.7. The van der Waals surface area contributed by atoms with Gasteiger partial charge in [-0.05, 0) is 35.3 Å². The zero-order valence-corrected chi connectivity index (χ0v) is 15.7. The van der Waals surface area contributed by atoms with Crippen LogP contribution in [0.1, 0.15) is 17.5 Å². The molecule has 0 spiro atoms. The van der Waals surface area contributed by atoms with Crippen LogP contribution >= 0.6 is 0 Å². The highest BCUT2D eigenvalue weighted by molar-refractivity contribution is 5.90. The molecular weight excluding hydrogens is 354 g/mol. The summed E-state index contributed by atoms with van der Waals surface area (Å²) in [6.45, 7) is 3.10. The number of hydroxylamine groups is 1. The van der Waals surface area contributed by atoms with Gasteiger partial charge in [0.1, 0.15) is 0 Å². The Bertz CT molecular complexity index is 952. The third-order valence-corrected chi connectivity index (χ3v) is 4.79. The Labute approximate surface area is 164 Å². The summed E-state index contributed by atoms with van der Waals surface area (Å²) >= 11 is 0. The van der Waals surface area contributed by atoms with E-state index in [2.05, 4.69) is 16.0 Å². The fourth-order valence-electron chi connectivity index (χ4n) is 3.30. The Morgan fingerprint density at radius 2 is 1.93 bits per heavy atom. The van der Waals surface area contributed by atoms with E-state index >= 15 is 0 Å². The first kappa shape index (κ1) is 19.9. The van der Waals surface area contributed by atoms with E-state index in [4.69, 9.17) is 5.21 Å². The molecule has 2 aromatic rings. The molecule has 1 aliphatic heterocycles. The van der Waals surface area contributed by atoms with Gasteiger partial charge in [-0.3, -0.25) is 19.9 Å². The Kier molecular flexibility index (Phi) is 7.08. The summed E-state index contributed by atoms with van der Waals surface area (Å²) in [5, 5.41) is 20.2. The van der Waals surface area contributed by atoms with Crippen molar-refractivity contribution in [3.05, 3.63) is 76.3 Å². The van der Waals surface area contributed by atoms with Gasteiger partial charge in [-0.2, -0.15) is 0 Å². The molecule has 6 heteroatoms. The number of aliphatic hydroxyl groups is 1. The molecule has 3 rings (SSSR count). The van der Waals surface area contributed by atoms with Crippen LogP contribution in [0.3, 0.4) is 0 Å². The number of carbonyl (C=O) groups is 1. The number of amides is 1. The number of para-hydroxylation sites is 1. The molecule has 3 N–H and O–H groups in total. The number of fused-ring (bicyclic) bond motifs is 1. The quantitative estimate of drug-likeness (QED) is 0.343. The second kappa shape index (κ2) is 9.94. The van der Waals surface area contributed by atoms with Gasteiger partial charge >= 0.3 is 0 Å². The number of hydrogen-bond acceptors (Lipinski definition) is 5. The summed E-state index contributed by atoms with van der Waals surface area (Å²) in [5.41, 5.74) is 4.93. The number of aliphatic hydroxyl groups excluding tert-OH is 1. The molecule has 0 saturated heterocycles. The van der Waals surface area contributed by atoms with E-state index in [1.807, 2.05) is 42.5 Å². The first-order valence-corrected chi connectivity index (χ1v) is 9.35. The van der Waals surface area contributed by atoms with Crippen molar-refractivity contribution in [3.8, 4) is 0 Å². The molecule has 1 amide bonds. The van der Waals surface area contributed by atoms with Gasteiger partial charge in [-0.1, -0.05) is 42.5 Å². The van der Waals surface area contributed by atoms with Crippen molar-refractivity contribution in [3.63, 3.8) is 0 Å². The van der Waals surface area contributed by atoms with E-state index in [1.165, 1.54) is 16.9 Å². The lowest BCUT2D eigenvalue weighted by molar-refractivity contribution is -0.124. The molecule has 28 heavy (non-hydrogen) atoms. The van der Waals surface area contributed by atoms with Crippen LogP contribution in [-0.2, 0) is 11.3 Å². The summed E-state index contributed by atoms with van der Waals surface area (Å²) < 4.78 is 0. The molecule has 0 aliphatic carbocycles. The van der Waals surface area contributed by atoms with Crippen molar-refractivity contribution >= 4 is 17.6 Å². The maximum Gasteiger partial charge on any atom is 0.267 e. The molecule has 0 fully saturated rings. The van der Waals surface area contributed by atoms with Crippen LogP contribution in [-0.4, -0.2) is 47.4 Å². The highest BCUT2D eigenvalue weighted by Crippen LogP contribution is 2.12. The van der Waals surface area contributed by atoms with Crippen molar-refractivity contribution in [2.75, 3.05) is 26.2 Å². The van der Waals surface area contributed by atoms with Crippen LogP contribution < -0.4 is 16.1 Å². The van der Waals surface area contributed by atoms with Crippen LogP contribution in [0.15, 0.2) is 59.6 Å². The van der Waals surface area contributed by atoms with E-state index in [9.17, 15) is 9.90 Å². The first-order valence-electron chi connectivity index (χ1n) is 9.35. The minimum absolute atomic E-state index is 0.118. The van der Waals surface area contributed by atoms with Gasteiger partial charge in [0.25, 0.3) is 5.91 Å². The second-order valence-corrected chi connectivity index (χ2v) is 6.74. The molecule has 6 nitrogen and oxygen atoms in total. The monoisotopic (exact) mass is 379 g/mol. The third kappa shape index (κ3) is 5.36. The summed E-state index contributed by atoms with van der Waals surface area (Å²) in [7, 11) is 0. The number of carbonyl (C=O) groups excluding carboxylic acids is 1. The van der Waals surface area contributed by atoms with Crippen LogP contribution in [0.25, 0.3) is 11.6 Å². The number of nitrogens with one attached hydrogen (secondary N) is 1. The highest BCUT2D eigenvalue weighted by atomic mass is 16.5. The minimum Gasteiger partial charge on any atom is -0.395 e. The zero-order chi connectivity index (χ0) is 19.8. The Morgan fingerprint density at radius 3 is 2.68 bits per heavy atom. The molecular formula is C22H25N3O3. The smallest absolute Gasteiger partial charge is 0.267 e. The molecule has 0 saturated carbocycles.